The van der Waals surface area contributed by atoms with Gasteiger partial charge in [-0.15, -0.1) is 0 Å². The monoisotopic (exact) mass is 283 g/mol. The Bertz CT molecular complexity index is 593. The number of ether oxygens (including phenoxy) is 1. The first-order chi connectivity index (χ1) is 10.2. The number of pyridine rings is 1. The Kier molecular flexibility index (Phi) is 5.32. The molecule has 1 aromatic carbocycles. The van der Waals surface area contributed by atoms with Crippen molar-refractivity contribution in [1.82, 2.24) is 4.98 Å². The van der Waals surface area contributed by atoms with Crippen LogP contribution in [0.25, 0.3) is 0 Å². The molecule has 1 aromatic heterocycles. The van der Waals surface area contributed by atoms with Crippen LogP contribution in [-0.4, -0.2) is 10.8 Å². The van der Waals surface area contributed by atoms with Gasteiger partial charge in [-0.1, -0.05) is 25.5 Å². The van der Waals surface area contributed by atoms with Crippen LogP contribution in [0.4, 0.5) is 0 Å². The Balaban J connectivity index is 1.93. The van der Waals surface area contributed by atoms with Gasteiger partial charge in [0.15, 0.2) is 0 Å². The van der Waals surface area contributed by atoms with E-state index in [-0.39, 0.29) is 5.84 Å². The molecule has 0 amide bonds. The summed E-state index contributed by atoms with van der Waals surface area (Å²) >= 11 is 0. The maximum atomic E-state index is 7.38. The van der Waals surface area contributed by atoms with Crippen molar-refractivity contribution in [1.29, 1.82) is 5.41 Å². The van der Waals surface area contributed by atoms with Crippen LogP contribution < -0.4 is 10.5 Å². The Morgan fingerprint density at radius 2 is 1.95 bits per heavy atom. The molecule has 0 saturated carbocycles. The molecule has 4 heteroatoms. The Morgan fingerprint density at radius 3 is 2.62 bits per heavy atom. The van der Waals surface area contributed by atoms with E-state index >= 15 is 0 Å². The first-order valence-corrected chi connectivity index (χ1v) is 7.20. The standard InChI is InChI=1S/C17H21N3O/c1-2-3-4-13-5-7-15(8-6-13)21-12-14-9-10-20-16(11-14)17(18)19/h5-11H,2-4,12H2,1H3,(H3,18,19). The minimum absolute atomic E-state index is 0.0304. The van der Waals surface area contributed by atoms with Crippen molar-refractivity contribution in [2.75, 3.05) is 0 Å². The molecule has 0 bridgehead atoms. The topological polar surface area (TPSA) is 72.0 Å². The molecule has 0 atom stereocenters. The average molecular weight is 283 g/mol. The zero-order valence-electron chi connectivity index (χ0n) is 12.3. The van der Waals surface area contributed by atoms with E-state index in [0.29, 0.717) is 12.3 Å². The molecule has 0 aliphatic heterocycles. The molecule has 1 heterocycles. The number of hydrogen-bond acceptors (Lipinski definition) is 3. The fraction of sp³-hybridized carbons (Fsp3) is 0.294. The second-order valence-corrected chi connectivity index (χ2v) is 5.00. The van der Waals surface area contributed by atoms with E-state index in [0.717, 1.165) is 17.7 Å². The lowest BCUT2D eigenvalue weighted by Crippen LogP contribution is -2.13. The van der Waals surface area contributed by atoms with Crippen LogP contribution in [0.3, 0.4) is 0 Å². The first kappa shape index (κ1) is 15.0. The molecule has 0 radical (unpaired) electrons. The van der Waals surface area contributed by atoms with E-state index in [9.17, 15) is 0 Å². The number of nitrogens with two attached hydrogens (primary N) is 1. The molecule has 2 aromatic rings. The summed E-state index contributed by atoms with van der Waals surface area (Å²) in [7, 11) is 0. The summed E-state index contributed by atoms with van der Waals surface area (Å²) in [5.74, 6) is 0.813. The molecule has 110 valence electrons. The van der Waals surface area contributed by atoms with Gasteiger partial charge in [0.1, 0.15) is 23.9 Å². The third-order valence-electron chi connectivity index (χ3n) is 3.25. The molecule has 0 fully saturated rings. The number of aryl methyl sites for hydroxylation is 1. The van der Waals surface area contributed by atoms with Crippen LogP contribution in [0.2, 0.25) is 0 Å². The van der Waals surface area contributed by atoms with Gasteiger partial charge in [0, 0.05) is 6.20 Å². The molecule has 0 saturated heterocycles. The quantitative estimate of drug-likeness (QED) is 0.605. The van der Waals surface area contributed by atoms with Gasteiger partial charge in [-0.05, 0) is 48.2 Å². The highest BCUT2D eigenvalue weighted by Gasteiger charge is 2.01. The van der Waals surface area contributed by atoms with Gasteiger partial charge < -0.3 is 10.5 Å². The van der Waals surface area contributed by atoms with Crippen LogP contribution in [0, 0.1) is 5.41 Å². The van der Waals surface area contributed by atoms with Gasteiger partial charge in [0.25, 0.3) is 0 Å². The normalized spacial score (nSPS) is 10.3. The Morgan fingerprint density at radius 1 is 1.19 bits per heavy atom. The van der Waals surface area contributed by atoms with Crippen molar-refractivity contribution in [3.8, 4) is 5.75 Å². The van der Waals surface area contributed by atoms with E-state index in [4.69, 9.17) is 15.9 Å². The number of hydrogen-bond donors (Lipinski definition) is 2. The van der Waals surface area contributed by atoms with Crippen LogP contribution in [0.5, 0.6) is 5.75 Å². The molecule has 0 spiro atoms. The maximum Gasteiger partial charge on any atom is 0.141 e. The summed E-state index contributed by atoms with van der Waals surface area (Å²) in [6.45, 7) is 2.64. The smallest absolute Gasteiger partial charge is 0.141 e. The second-order valence-electron chi connectivity index (χ2n) is 5.00. The molecule has 2 rings (SSSR count). The Hall–Kier alpha value is -2.36. The van der Waals surface area contributed by atoms with Crippen LogP contribution in [-0.2, 0) is 13.0 Å². The summed E-state index contributed by atoms with van der Waals surface area (Å²) in [6, 6.07) is 11.9. The molecule has 21 heavy (non-hydrogen) atoms. The largest absolute Gasteiger partial charge is 0.489 e. The van der Waals surface area contributed by atoms with Gasteiger partial charge in [-0.3, -0.25) is 10.4 Å². The van der Waals surface area contributed by atoms with E-state index in [1.54, 1.807) is 12.3 Å². The van der Waals surface area contributed by atoms with Crippen molar-refractivity contribution >= 4 is 5.84 Å². The molecular formula is C17H21N3O. The molecule has 4 nitrogen and oxygen atoms in total. The molecule has 0 aliphatic rings. The van der Waals surface area contributed by atoms with Crippen LogP contribution >= 0.6 is 0 Å². The summed E-state index contributed by atoms with van der Waals surface area (Å²) in [6.07, 6.45) is 5.18. The second kappa shape index (κ2) is 7.43. The number of nitrogens with zero attached hydrogens (tertiary/aromatic N) is 1. The minimum Gasteiger partial charge on any atom is -0.489 e. The number of nitrogen functional groups attached to an aromatic ring is 1. The number of unbranched alkanes of at least 4 members (excludes halogenated alkanes) is 1. The van der Waals surface area contributed by atoms with Gasteiger partial charge in [0.05, 0.1) is 0 Å². The van der Waals surface area contributed by atoms with Gasteiger partial charge in [0.2, 0.25) is 0 Å². The fourth-order valence-corrected chi connectivity index (χ4v) is 2.01. The predicted molar refractivity (Wildman–Crippen MR) is 84.6 cm³/mol. The van der Waals surface area contributed by atoms with E-state index in [2.05, 4.69) is 24.0 Å². The maximum absolute atomic E-state index is 7.38. The SMILES string of the molecule is CCCCc1ccc(OCc2ccnc(C(=N)N)c2)cc1. The van der Waals surface area contributed by atoms with Gasteiger partial charge >= 0.3 is 0 Å². The summed E-state index contributed by atoms with van der Waals surface area (Å²) < 4.78 is 5.75. The van der Waals surface area contributed by atoms with Crippen molar-refractivity contribution < 1.29 is 4.74 Å². The van der Waals surface area contributed by atoms with Crippen LogP contribution in [0.1, 0.15) is 36.6 Å². The van der Waals surface area contributed by atoms with E-state index in [1.165, 1.54) is 18.4 Å². The lowest BCUT2D eigenvalue weighted by Gasteiger charge is -2.08. The number of amidine groups is 1. The predicted octanol–water partition coefficient (Wildman–Crippen LogP) is 3.29. The molecule has 0 aliphatic carbocycles. The highest BCUT2D eigenvalue weighted by molar-refractivity contribution is 5.93. The summed E-state index contributed by atoms with van der Waals surface area (Å²) in [5, 5.41) is 7.38. The van der Waals surface area contributed by atoms with Crippen molar-refractivity contribution in [2.45, 2.75) is 32.8 Å². The van der Waals surface area contributed by atoms with Crippen molar-refractivity contribution in [3.63, 3.8) is 0 Å². The minimum atomic E-state index is -0.0304. The third-order valence-corrected chi connectivity index (χ3v) is 3.25. The molecular weight excluding hydrogens is 262 g/mol. The number of nitrogens with one attached hydrogen (secondary N) is 1. The van der Waals surface area contributed by atoms with Gasteiger partial charge in [-0.25, -0.2) is 0 Å². The first-order valence-electron chi connectivity index (χ1n) is 7.20. The summed E-state index contributed by atoms with van der Waals surface area (Å²) in [4.78, 5) is 4.03. The van der Waals surface area contributed by atoms with Crippen molar-refractivity contribution in [3.05, 3.63) is 59.4 Å². The fourth-order valence-electron chi connectivity index (χ4n) is 2.01. The number of benzene rings is 1. The van der Waals surface area contributed by atoms with E-state index < -0.39 is 0 Å². The Labute approximate surface area is 125 Å². The highest BCUT2D eigenvalue weighted by Crippen LogP contribution is 2.15. The third kappa shape index (κ3) is 4.60. The zero-order valence-corrected chi connectivity index (χ0v) is 12.3. The number of aromatic nitrogens is 1. The van der Waals surface area contributed by atoms with Gasteiger partial charge in [-0.2, -0.15) is 0 Å². The highest BCUT2D eigenvalue weighted by atomic mass is 16.5. The summed E-state index contributed by atoms with van der Waals surface area (Å²) in [5.41, 5.74) is 8.19. The zero-order chi connectivity index (χ0) is 15.1. The number of rotatable bonds is 7. The van der Waals surface area contributed by atoms with Crippen LogP contribution in [0.15, 0.2) is 42.6 Å². The molecule has 0 unspecified atom stereocenters. The lowest BCUT2D eigenvalue weighted by atomic mass is 10.1. The van der Waals surface area contributed by atoms with E-state index in [1.807, 2.05) is 18.2 Å². The van der Waals surface area contributed by atoms with Crippen molar-refractivity contribution in [2.24, 2.45) is 5.73 Å². The average Bonchev–Trinajstić information content (AvgIpc) is 2.52. The lowest BCUT2D eigenvalue weighted by molar-refractivity contribution is 0.306. The molecule has 3 N–H and O–H groups in total.